The van der Waals surface area contributed by atoms with Gasteiger partial charge in [0, 0.05) is 19.4 Å². The highest BCUT2D eigenvalue weighted by Gasteiger charge is 2.26. The number of esters is 2. The molecule has 0 rings (SSSR count). The Morgan fingerprint density at radius 3 is 0.796 bits per heavy atom. The first-order chi connectivity index (χ1) is 50.8. The van der Waals surface area contributed by atoms with E-state index in [0.717, 1.165) is 109 Å². The topological polar surface area (TPSA) is 134 Å². The molecule has 0 fully saturated rings. The third kappa shape index (κ3) is 86.7. The molecule has 3 N–H and O–H groups in total. The summed E-state index contributed by atoms with van der Waals surface area (Å²) in [7, 11) is -4.41. The zero-order chi connectivity index (χ0) is 74.3. The summed E-state index contributed by atoms with van der Waals surface area (Å²) in [6.45, 7) is 3.66. The van der Waals surface area contributed by atoms with Crippen LogP contribution in [0.25, 0.3) is 0 Å². The first kappa shape index (κ1) is 98.9. The highest BCUT2D eigenvalue weighted by molar-refractivity contribution is 7.47. The van der Waals surface area contributed by atoms with Gasteiger partial charge in [-0.2, -0.15) is 0 Å². The van der Waals surface area contributed by atoms with Gasteiger partial charge in [0.25, 0.3) is 0 Å². The number of rotatable bonds is 81. The van der Waals surface area contributed by atoms with E-state index >= 15 is 0 Å². The lowest BCUT2D eigenvalue weighted by Crippen LogP contribution is -2.29. The molecule has 103 heavy (non-hydrogen) atoms. The van der Waals surface area contributed by atoms with Gasteiger partial charge in [-0.15, -0.1) is 0 Å². The van der Waals surface area contributed by atoms with E-state index in [1.54, 1.807) is 0 Å². The number of hydrogen-bond donors (Lipinski definition) is 2. The molecule has 0 aromatic heterocycles. The lowest BCUT2D eigenvalue weighted by Gasteiger charge is -2.19. The van der Waals surface area contributed by atoms with Crippen molar-refractivity contribution in [1.82, 2.24) is 0 Å². The van der Waals surface area contributed by atoms with Crippen molar-refractivity contribution >= 4 is 19.8 Å². The van der Waals surface area contributed by atoms with Gasteiger partial charge in [-0.05, 0) is 122 Å². The normalized spacial score (nSPS) is 13.6. The van der Waals surface area contributed by atoms with Gasteiger partial charge in [-0.25, -0.2) is 4.57 Å². The molecule has 0 aliphatic heterocycles. The van der Waals surface area contributed by atoms with Crippen LogP contribution >= 0.6 is 7.82 Å². The number of carbonyl (C=O) groups excluding carboxylic acids is 2. The predicted molar refractivity (Wildman–Crippen MR) is 450 cm³/mol. The molecule has 2 unspecified atom stereocenters. The van der Waals surface area contributed by atoms with Crippen molar-refractivity contribution in [3.8, 4) is 0 Å². The molecule has 0 heterocycles. The van der Waals surface area contributed by atoms with Crippen LogP contribution in [0.5, 0.6) is 0 Å². The fourth-order valence-corrected chi connectivity index (χ4v) is 13.1. The van der Waals surface area contributed by atoms with Gasteiger partial charge in [0.15, 0.2) is 6.10 Å². The zero-order valence-corrected chi connectivity index (χ0v) is 67.9. The molecule has 9 nitrogen and oxygen atoms in total. The predicted octanol–water partition coefficient (Wildman–Crippen LogP) is 29.7. The summed E-state index contributed by atoms with van der Waals surface area (Å²) in [5, 5.41) is 0. The Morgan fingerprint density at radius 1 is 0.301 bits per heavy atom. The molecule has 592 valence electrons. The van der Waals surface area contributed by atoms with Crippen molar-refractivity contribution in [3.05, 3.63) is 146 Å². The van der Waals surface area contributed by atoms with E-state index in [9.17, 15) is 19.0 Å². The lowest BCUT2D eigenvalue weighted by molar-refractivity contribution is -0.161. The summed E-state index contributed by atoms with van der Waals surface area (Å²) >= 11 is 0. The summed E-state index contributed by atoms with van der Waals surface area (Å²) in [5.74, 6) is -0.818. The molecule has 0 saturated carbocycles. The van der Waals surface area contributed by atoms with Crippen LogP contribution < -0.4 is 5.73 Å². The molecule has 0 aliphatic carbocycles. The van der Waals surface area contributed by atoms with Crippen LogP contribution in [0.3, 0.4) is 0 Å². The van der Waals surface area contributed by atoms with Crippen molar-refractivity contribution in [2.75, 3.05) is 26.4 Å². The first-order valence-corrected chi connectivity index (χ1v) is 44.8. The van der Waals surface area contributed by atoms with Gasteiger partial charge >= 0.3 is 19.8 Å². The monoisotopic (exact) mass is 1450 g/mol. The number of hydrogen-bond acceptors (Lipinski definition) is 8. The van der Waals surface area contributed by atoms with E-state index in [1.165, 1.54) is 257 Å². The van der Waals surface area contributed by atoms with Crippen LogP contribution in [-0.2, 0) is 32.7 Å². The number of phosphoric acid groups is 1. The minimum absolute atomic E-state index is 0.0501. The molecule has 0 aliphatic rings. The van der Waals surface area contributed by atoms with Gasteiger partial charge in [-0.3, -0.25) is 18.6 Å². The van der Waals surface area contributed by atoms with Crippen molar-refractivity contribution in [2.24, 2.45) is 5.73 Å². The largest absolute Gasteiger partial charge is 0.472 e. The molecule has 0 aromatic rings. The van der Waals surface area contributed by atoms with E-state index in [4.69, 9.17) is 24.3 Å². The summed E-state index contributed by atoms with van der Waals surface area (Å²) in [5.41, 5.74) is 5.42. The smallest absolute Gasteiger partial charge is 0.462 e. The van der Waals surface area contributed by atoms with Gasteiger partial charge in [-0.1, -0.05) is 410 Å². The number of allylic oxidation sites excluding steroid dienone is 24. The van der Waals surface area contributed by atoms with Crippen LogP contribution in [0.1, 0.15) is 399 Å². The van der Waals surface area contributed by atoms with E-state index in [2.05, 4.69) is 160 Å². The number of ether oxygens (including phenoxy) is 2. The SMILES string of the molecule is CC/C=C\C/C=C\C/C=C\C/C=C\C/C=C\C/C=C\C/C=C\C/C=C\C/C=C\CCCCCCCCCCCCCCCC(=O)OC(COC(=O)CCCCCCCCCCCCCCCCCCCCCCCCCCCC/C=C\C/C=C\C/C=C\CCCCCCC)COP(=O)(O)OCCN. The maximum Gasteiger partial charge on any atom is 0.472 e. The second kappa shape index (κ2) is 86.8. The molecule has 0 bridgehead atoms. The highest BCUT2D eigenvalue weighted by Crippen LogP contribution is 2.43. The standard InChI is InChI=1S/C93H162NO8P/c1-3-5-7-9-11-13-15-17-19-21-23-25-27-29-31-33-35-37-39-41-43-45-47-49-51-53-55-57-59-61-63-65-67-69-71-73-75-77-79-81-83-85-92(95)99-89-91(90-101-103(97,98)100-88-87-94)102-93(96)86-84-82-80-78-76-74-72-70-68-66-64-62-60-58-56-54-52-50-48-46-44-42-40-38-36-34-32-30-28-26-24-22-20-18-16-14-12-10-8-6-4-2/h6,8,12,14-15,17-18,20-21,23-24,26-27,29-30,32,36,38,42,44,48,50,54,56,91H,3-5,7,9-11,13,16,19,22,25,28,31,33-35,37,39-41,43,45-47,49,51-53,55,57-90,94H2,1-2H3,(H,97,98)/b8-6-,14-12-,17-15-,20-18-,23-21-,26-24-,29-27-,32-30-,38-36-,44-42-,50-48-,56-54-. The average molecular weight is 1450 g/mol. The molecule has 2 atom stereocenters. The number of phosphoric ester groups is 1. The maximum absolute atomic E-state index is 12.8. The number of unbranched alkanes of at least 4 members (excludes halogenated alkanes) is 44. The van der Waals surface area contributed by atoms with Gasteiger partial charge in [0.1, 0.15) is 6.61 Å². The van der Waals surface area contributed by atoms with Crippen LogP contribution in [0.2, 0.25) is 0 Å². The van der Waals surface area contributed by atoms with Crippen molar-refractivity contribution in [1.29, 1.82) is 0 Å². The average Bonchev–Trinajstić information content (AvgIpc) is 0.970. The van der Waals surface area contributed by atoms with Crippen LogP contribution in [-0.4, -0.2) is 49.3 Å². The van der Waals surface area contributed by atoms with Crippen LogP contribution in [0.15, 0.2) is 146 Å². The van der Waals surface area contributed by atoms with Gasteiger partial charge < -0.3 is 20.1 Å². The maximum atomic E-state index is 12.8. The molecule has 10 heteroatoms. The fraction of sp³-hybridized carbons (Fsp3) is 0.720. The third-order valence-electron chi connectivity index (χ3n) is 18.7. The second-order valence-electron chi connectivity index (χ2n) is 28.7. The molecule has 0 spiro atoms. The minimum atomic E-state index is -4.41. The molecular weight excluding hydrogens is 1290 g/mol. The highest BCUT2D eigenvalue weighted by atomic mass is 31.2. The summed E-state index contributed by atoms with van der Waals surface area (Å²) < 4.78 is 33.3. The Kier molecular flexibility index (Phi) is 83.3. The Hall–Kier alpha value is -4.11. The van der Waals surface area contributed by atoms with Crippen molar-refractivity contribution < 1.29 is 37.6 Å². The fourth-order valence-electron chi connectivity index (χ4n) is 12.3. The number of carbonyl (C=O) groups is 2. The van der Waals surface area contributed by atoms with E-state index in [0.29, 0.717) is 6.42 Å². The Morgan fingerprint density at radius 2 is 0.534 bits per heavy atom. The van der Waals surface area contributed by atoms with Crippen molar-refractivity contribution in [3.63, 3.8) is 0 Å². The van der Waals surface area contributed by atoms with Gasteiger partial charge in [0.05, 0.1) is 13.2 Å². The van der Waals surface area contributed by atoms with Gasteiger partial charge in [0.2, 0.25) is 0 Å². The zero-order valence-electron chi connectivity index (χ0n) is 67.0. The first-order valence-electron chi connectivity index (χ1n) is 43.3. The quantitative estimate of drug-likeness (QED) is 0.0264. The number of nitrogens with two attached hydrogens (primary N) is 1. The summed E-state index contributed by atoms with van der Waals surface area (Å²) in [6.07, 6.45) is 126. The summed E-state index contributed by atoms with van der Waals surface area (Å²) in [6, 6.07) is 0. The molecule has 0 aromatic carbocycles. The second-order valence-corrected chi connectivity index (χ2v) is 30.1. The Balaban J connectivity index is 3.80. The molecule has 0 radical (unpaired) electrons. The molecule has 0 amide bonds. The third-order valence-corrected chi connectivity index (χ3v) is 19.7. The summed E-state index contributed by atoms with van der Waals surface area (Å²) in [4.78, 5) is 35.5. The van der Waals surface area contributed by atoms with Crippen molar-refractivity contribution in [2.45, 2.75) is 405 Å². The van der Waals surface area contributed by atoms with E-state index in [1.807, 2.05) is 0 Å². The lowest BCUT2D eigenvalue weighted by atomic mass is 10.0. The minimum Gasteiger partial charge on any atom is -0.462 e. The van der Waals surface area contributed by atoms with E-state index < -0.39 is 26.5 Å². The molecular formula is C93H162NO8P. The molecule has 0 saturated heterocycles. The Bertz CT molecular complexity index is 2220. The van der Waals surface area contributed by atoms with Crippen LogP contribution in [0.4, 0.5) is 0 Å². The Labute approximate surface area is 636 Å². The van der Waals surface area contributed by atoms with Crippen LogP contribution in [0, 0.1) is 0 Å². The van der Waals surface area contributed by atoms with E-state index in [-0.39, 0.29) is 38.6 Å².